The fraction of sp³-hybridized carbons (Fsp3) is 0.333. The number of methoxy groups -OCH3 is 1. The smallest absolute Gasteiger partial charge is 0.251 e. The summed E-state index contributed by atoms with van der Waals surface area (Å²) in [7, 11) is 1.63. The molecule has 29 heavy (non-hydrogen) atoms. The van der Waals surface area contributed by atoms with E-state index >= 15 is 0 Å². The molecule has 5 nitrogen and oxygen atoms in total. The first kappa shape index (κ1) is 20.6. The summed E-state index contributed by atoms with van der Waals surface area (Å²) in [5, 5.41) is 6.32. The minimum Gasteiger partial charge on any atom is -0.497 e. The molecule has 1 heterocycles. The molecule has 0 bridgehead atoms. The standard InChI is InChI=1S/C24H28N2O3/c1-15(2)25-23(28)17-8-6-7-16(11-17)22(27)13-21-20-12-19(29-5)10-9-18(20)14-24(3,4)26-21/h6-13,15,26H,14H2,1-5H3,(H,25,28). The van der Waals surface area contributed by atoms with Gasteiger partial charge in [-0.2, -0.15) is 0 Å². The lowest BCUT2D eigenvalue weighted by Gasteiger charge is -2.35. The zero-order chi connectivity index (χ0) is 21.2. The van der Waals surface area contributed by atoms with Gasteiger partial charge in [0.15, 0.2) is 5.78 Å². The van der Waals surface area contributed by atoms with Crippen LogP contribution in [0.25, 0.3) is 5.70 Å². The molecule has 0 saturated heterocycles. The maximum atomic E-state index is 13.0. The molecular weight excluding hydrogens is 364 g/mol. The number of allylic oxidation sites excluding steroid dienone is 1. The zero-order valence-corrected chi connectivity index (χ0v) is 17.6. The number of hydrogen-bond acceptors (Lipinski definition) is 4. The molecule has 0 aliphatic carbocycles. The Balaban J connectivity index is 1.96. The summed E-state index contributed by atoms with van der Waals surface area (Å²) < 4.78 is 5.36. The van der Waals surface area contributed by atoms with Crippen LogP contribution in [0.1, 0.15) is 59.5 Å². The number of hydrogen-bond donors (Lipinski definition) is 2. The third-order valence-electron chi connectivity index (χ3n) is 4.82. The van der Waals surface area contributed by atoms with E-state index in [0.717, 1.165) is 23.4 Å². The van der Waals surface area contributed by atoms with Crippen molar-refractivity contribution in [3.63, 3.8) is 0 Å². The predicted molar refractivity (Wildman–Crippen MR) is 115 cm³/mol. The van der Waals surface area contributed by atoms with Gasteiger partial charge in [-0.1, -0.05) is 18.2 Å². The number of benzene rings is 2. The lowest BCUT2D eigenvalue weighted by molar-refractivity contribution is 0.0943. The zero-order valence-electron chi connectivity index (χ0n) is 17.6. The van der Waals surface area contributed by atoms with E-state index in [4.69, 9.17) is 4.74 Å². The van der Waals surface area contributed by atoms with Crippen molar-refractivity contribution in [1.82, 2.24) is 10.6 Å². The van der Waals surface area contributed by atoms with Crippen molar-refractivity contribution in [3.8, 4) is 5.75 Å². The number of carbonyl (C=O) groups is 2. The summed E-state index contributed by atoms with van der Waals surface area (Å²) in [5.41, 5.74) is 3.67. The molecule has 0 atom stereocenters. The van der Waals surface area contributed by atoms with Crippen molar-refractivity contribution in [2.75, 3.05) is 7.11 Å². The molecule has 0 radical (unpaired) electrons. The SMILES string of the molecule is COc1ccc2c(c1)C(=CC(=O)c1cccc(C(=O)NC(C)C)c1)NC(C)(C)C2. The number of nitrogens with one attached hydrogen (secondary N) is 2. The maximum absolute atomic E-state index is 13.0. The van der Waals surface area contributed by atoms with E-state index in [1.54, 1.807) is 37.5 Å². The quantitative estimate of drug-likeness (QED) is 0.597. The summed E-state index contributed by atoms with van der Waals surface area (Å²) in [4.78, 5) is 25.3. The summed E-state index contributed by atoms with van der Waals surface area (Å²) in [5.74, 6) is 0.406. The molecule has 2 N–H and O–H groups in total. The van der Waals surface area contributed by atoms with Crippen molar-refractivity contribution in [1.29, 1.82) is 0 Å². The van der Waals surface area contributed by atoms with E-state index in [1.165, 1.54) is 5.56 Å². The highest BCUT2D eigenvalue weighted by Gasteiger charge is 2.28. The van der Waals surface area contributed by atoms with Crippen LogP contribution in [0.4, 0.5) is 0 Å². The number of carbonyl (C=O) groups excluding carboxylic acids is 2. The molecule has 3 rings (SSSR count). The second-order valence-electron chi connectivity index (χ2n) is 8.34. The number of ketones is 1. The van der Waals surface area contributed by atoms with Crippen LogP contribution in [-0.4, -0.2) is 30.4 Å². The highest BCUT2D eigenvalue weighted by atomic mass is 16.5. The van der Waals surface area contributed by atoms with Gasteiger partial charge in [0.1, 0.15) is 5.75 Å². The van der Waals surface area contributed by atoms with Crippen molar-refractivity contribution < 1.29 is 14.3 Å². The molecule has 0 spiro atoms. The second-order valence-corrected chi connectivity index (χ2v) is 8.34. The first-order valence-electron chi connectivity index (χ1n) is 9.81. The lowest BCUT2D eigenvalue weighted by Crippen LogP contribution is -2.43. The third kappa shape index (κ3) is 4.86. The summed E-state index contributed by atoms with van der Waals surface area (Å²) in [6.07, 6.45) is 2.46. The second kappa shape index (κ2) is 8.11. The van der Waals surface area contributed by atoms with Crippen LogP contribution in [0.2, 0.25) is 0 Å². The number of amides is 1. The van der Waals surface area contributed by atoms with Gasteiger partial charge in [0.25, 0.3) is 5.91 Å². The van der Waals surface area contributed by atoms with Crippen LogP contribution in [-0.2, 0) is 6.42 Å². The monoisotopic (exact) mass is 392 g/mol. The predicted octanol–water partition coefficient (Wildman–Crippen LogP) is 3.98. The van der Waals surface area contributed by atoms with Crippen molar-refractivity contribution in [2.45, 2.75) is 45.7 Å². The lowest BCUT2D eigenvalue weighted by atomic mass is 9.85. The Hall–Kier alpha value is -3.08. The Labute approximate surface area is 172 Å². The third-order valence-corrected chi connectivity index (χ3v) is 4.82. The topological polar surface area (TPSA) is 67.4 Å². The van der Waals surface area contributed by atoms with E-state index in [9.17, 15) is 9.59 Å². The van der Waals surface area contributed by atoms with Crippen LogP contribution in [0, 0.1) is 0 Å². The van der Waals surface area contributed by atoms with E-state index in [0.29, 0.717) is 11.1 Å². The van der Waals surface area contributed by atoms with Gasteiger partial charge in [-0.15, -0.1) is 0 Å². The summed E-state index contributed by atoms with van der Waals surface area (Å²) in [6.45, 7) is 8.02. The Morgan fingerprint density at radius 1 is 1.14 bits per heavy atom. The Morgan fingerprint density at radius 3 is 2.55 bits per heavy atom. The van der Waals surface area contributed by atoms with Gasteiger partial charge in [-0.3, -0.25) is 9.59 Å². The molecule has 2 aromatic carbocycles. The maximum Gasteiger partial charge on any atom is 0.251 e. The average molecular weight is 392 g/mol. The summed E-state index contributed by atoms with van der Waals surface area (Å²) in [6, 6.07) is 12.8. The van der Waals surface area contributed by atoms with Crippen molar-refractivity contribution >= 4 is 17.4 Å². The van der Waals surface area contributed by atoms with Crippen LogP contribution in [0.15, 0.2) is 48.5 Å². The number of fused-ring (bicyclic) bond motifs is 1. The summed E-state index contributed by atoms with van der Waals surface area (Å²) >= 11 is 0. The molecule has 0 fully saturated rings. The molecule has 5 heteroatoms. The Morgan fingerprint density at radius 2 is 1.86 bits per heavy atom. The fourth-order valence-electron chi connectivity index (χ4n) is 3.53. The van der Waals surface area contributed by atoms with Crippen LogP contribution in [0.5, 0.6) is 5.75 Å². The molecular formula is C24H28N2O3. The van der Waals surface area contributed by atoms with Gasteiger partial charge in [-0.05, 0) is 63.9 Å². The average Bonchev–Trinajstić information content (AvgIpc) is 2.66. The van der Waals surface area contributed by atoms with Gasteiger partial charge in [-0.25, -0.2) is 0 Å². The van der Waals surface area contributed by atoms with Gasteiger partial charge in [0.05, 0.1) is 7.11 Å². The molecule has 1 aliphatic heterocycles. The van der Waals surface area contributed by atoms with Crippen molar-refractivity contribution in [3.05, 3.63) is 70.8 Å². The fourth-order valence-corrected chi connectivity index (χ4v) is 3.53. The highest BCUT2D eigenvalue weighted by Crippen LogP contribution is 2.32. The molecule has 152 valence electrons. The van der Waals surface area contributed by atoms with E-state index < -0.39 is 0 Å². The van der Waals surface area contributed by atoms with Crippen LogP contribution in [0.3, 0.4) is 0 Å². The largest absolute Gasteiger partial charge is 0.497 e. The molecule has 0 unspecified atom stereocenters. The van der Waals surface area contributed by atoms with E-state index in [2.05, 4.69) is 24.5 Å². The van der Waals surface area contributed by atoms with E-state index in [-0.39, 0.29) is 23.3 Å². The highest BCUT2D eigenvalue weighted by molar-refractivity contribution is 6.10. The molecule has 2 aromatic rings. The van der Waals surface area contributed by atoms with Gasteiger partial charge >= 0.3 is 0 Å². The molecule has 0 saturated carbocycles. The minimum absolute atomic E-state index is 0.0316. The molecule has 0 aromatic heterocycles. The van der Waals surface area contributed by atoms with Crippen LogP contribution < -0.4 is 15.4 Å². The first-order chi connectivity index (χ1) is 13.7. The normalized spacial score (nSPS) is 16.1. The minimum atomic E-state index is -0.186. The number of ether oxygens (including phenoxy) is 1. The first-order valence-corrected chi connectivity index (χ1v) is 9.81. The van der Waals surface area contributed by atoms with E-state index in [1.807, 2.05) is 32.0 Å². The molecule has 1 aliphatic rings. The van der Waals surface area contributed by atoms with Crippen LogP contribution >= 0.6 is 0 Å². The molecule has 1 amide bonds. The Bertz CT molecular complexity index is 974. The Kier molecular flexibility index (Phi) is 5.78. The van der Waals surface area contributed by atoms with Gasteiger partial charge < -0.3 is 15.4 Å². The van der Waals surface area contributed by atoms with Gasteiger partial charge in [0, 0.05) is 40.0 Å². The number of rotatable bonds is 5. The van der Waals surface area contributed by atoms with Crippen molar-refractivity contribution in [2.24, 2.45) is 0 Å². The van der Waals surface area contributed by atoms with Gasteiger partial charge in [0.2, 0.25) is 0 Å².